The summed E-state index contributed by atoms with van der Waals surface area (Å²) in [6, 6.07) is 7.94. The zero-order chi connectivity index (χ0) is 19.6. The molecular weight excluding hydrogens is 366 g/mol. The molecule has 144 valence electrons. The van der Waals surface area contributed by atoms with Crippen LogP contribution in [0.5, 0.6) is 0 Å². The number of carboxylic acid groups (broad SMARTS) is 1. The van der Waals surface area contributed by atoms with Crippen LogP contribution in [0.2, 0.25) is 0 Å². The van der Waals surface area contributed by atoms with Crippen molar-refractivity contribution in [1.82, 2.24) is 4.98 Å². The highest BCUT2D eigenvalue weighted by molar-refractivity contribution is 7.92. The average molecular weight is 389 g/mol. The van der Waals surface area contributed by atoms with E-state index < -0.39 is 16.0 Å². The van der Waals surface area contributed by atoms with Crippen molar-refractivity contribution in [3.63, 3.8) is 0 Å². The van der Waals surface area contributed by atoms with Crippen LogP contribution >= 0.6 is 0 Å². The Kier molecular flexibility index (Phi) is 5.36. The fourth-order valence-corrected chi connectivity index (χ4v) is 4.49. The van der Waals surface area contributed by atoms with E-state index in [2.05, 4.69) is 16.6 Å². The first kappa shape index (κ1) is 19.2. The van der Waals surface area contributed by atoms with Crippen molar-refractivity contribution < 1.29 is 18.3 Å². The molecule has 27 heavy (non-hydrogen) atoms. The van der Waals surface area contributed by atoms with E-state index in [0.29, 0.717) is 17.3 Å². The maximum atomic E-state index is 12.6. The number of benzene rings is 1. The molecule has 8 heteroatoms. The van der Waals surface area contributed by atoms with E-state index in [1.807, 2.05) is 4.90 Å². The quantitative estimate of drug-likeness (QED) is 0.815. The summed E-state index contributed by atoms with van der Waals surface area (Å²) in [6.07, 6.45) is 3.32. The average Bonchev–Trinajstić information content (AvgIpc) is 2.62. The Hall–Kier alpha value is -2.61. The lowest BCUT2D eigenvalue weighted by molar-refractivity contribution is 0.0697. The number of nitrogens with zero attached hydrogens (tertiary/aromatic N) is 2. The molecule has 1 saturated heterocycles. The van der Waals surface area contributed by atoms with Crippen molar-refractivity contribution in [2.24, 2.45) is 5.92 Å². The first-order chi connectivity index (χ1) is 12.8. The number of hydrogen-bond acceptors (Lipinski definition) is 5. The number of carbonyl (C=O) groups is 1. The summed E-state index contributed by atoms with van der Waals surface area (Å²) in [6.45, 7) is 5.35. The summed E-state index contributed by atoms with van der Waals surface area (Å²) in [7, 11) is -3.83. The molecule has 0 spiro atoms. The molecule has 1 aromatic heterocycles. The van der Waals surface area contributed by atoms with Gasteiger partial charge in [-0.2, -0.15) is 0 Å². The third-order valence-electron chi connectivity index (χ3n) is 4.82. The van der Waals surface area contributed by atoms with Gasteiger partial charge in [0.1, 0.15) is 11.4 Å². The van der Waals surface area contributed by atoms with Gasteiger partial charge in [0.2, 0.25) is 0 Å². The molecule has 1 aromatic carbocycles. The second-order valence-corrected chi connectivity index (χ2v) is 8.59. The number of pyridine rings is 1. The van der Waals surface area contributed by atoms with E-state index in [4.69, 9.17) is 0 Å². The van der Waals surface area contributed by atoms with Crippen LogP contribution in [0, 0.1) is 12.8 Å². The molecule has 2 aromatic rings. The van der Waals surface area contributed by atoms with Crippen LogP contribution in [0.15, 0.2) is 41.4 Å². The van der Waals surface area contributed by atoms with Gasteiger partial charge in [0, 0.05) is 13.1 Å². The van der Waals surface area contributed by atoms with Gasteiger partial charge in [0.15, 0.2) is 0 Å². The number of anilines is 2. The topological polar surface area (TPSA) is 99.6 Å². The fourth-order valence-electron chi connectivity index (χ4n) is 3.21. The Morgan fingerprint density at radius 3 is 2.56 bits per heavy atom. The van der Waals surface area contributed by atoms with Crippen LogP contribution in [0.3, 0.4) is 0 Å². The van der Waals surface area contributed by atoms with Crippen LogP contribution < -0.4 is 9.62 Å². The lowest BCUT2D eigenvalue weighted by Crippen LogP contribution is -2.34. The van der Waals surface area contributed by atoms with E-state index in [0.717, 1.165) is 25.9 Å². The molecule has 2 N–H and O–H groups in total. The van der Waals surface area contributed by atoms with Gasteiger partial charge in [-0.15, -0.1) is 0 Å². The van der Waals surface area contributed by atoms with Gasteiger partial charge < -0.3 is 10.0 Å². The third-order valence-corrected chi connectivity index (χ3v) is 6.36. The maximum absolute atomic E-state index is 12.6. The number of sulfonamides is 1. The normalized spacial score (nSPS) is 15.6. The number of aryl methyl sites for hydroxylation is 1. The van der Waals surface area contributed by atoms with Crippen molar-refractivity contribution in [1.29, 1.82) is 0 Å². The summed E-state index contributed by atoms with van der Waals surface area (Å²) in [5.41, 5.74) is 0.731. The second-order valence-electron chi connectivity index (χ2n) is 6.94. The molecule has 0 amide bonds. The first-order valence-corrected chi connectivity index (χ1v) is 10.3. The molecule has 0 unspecified atom stereocenters. The Morgan fingerprint density at radius 2 is 1.93 bits per heavy atom. The standard InChI is InChI=1S/C19H23N3O4S/c1-13-7-9-22(10-8-13)18-16(19(23)24)11-15(12-20-18)21-27(25,26)17-6-4-3-5-14(17)2/h3-6,11-13,21H,7-10H2,1-2H3,(H,23,24). The number of rotatable bonds is 5. The Balaban J connectivity index is 1.90. The van der Waals surface area contributed by atoms with E-state index in [-0.39, 0.29) is 16.1 Å². The van der Waals surface area contributed by atoms with Gasteiger partial charge in [0.25, 0.3) is 10.0 Å². The Bertz CT molecular complexity index is 951. The molecule has 0 radical (unpaired) electrons. The molecule has 2 heterocycles. The summed E-state index contributed by atoms with van der Waals surface area (Å²) < 4.78 is 27.7. The van der Waals surface area contributed by atoms with E-state index in [9.17, 15) is 18.3 Å². The number of piperidine rings is 1. The van der Waals surface area contributed by atoms with Gasteiger partial charge in [-0.25, -0.2) is 18.2 Å². The molecule has 1 aliphatic rings. The highest BCUT2D eigenvalue weighted by Gasteiger charge is 2.24. The van der Waals surface area contributed by atoms with Crippen LogP contribution in [-0.2, 0) is 10.0 Å². The van der Waals surface area contributed by atoms with Gasteiger partial charge in [-0.3, -0.25) is 4.72 Å². The molecule has 7 nitrogen and oxygen atoms in total. The van der Waals surface area contributed by atoms with E-state index in [1.165, 1.54) is 18.3 Å². The minimum Gasteiger partial charge on any atom is -0.478 e. The number of nitrogens with one attached hydrogen (secondary N) is 1. The zero-order valence-corrected chi connectivity index (χ0v) is 16.2. The number of carboxylic acids is 1. The predicted molar refractivity (Wildman–Crippen MR) is 104 cm³/mol. The minimum absolute atomic E-state index is 0.00506. The molecule has 1 fully saturated rings. The first-order valence-electron chi connectivity index (χ1n) is 8.84. The fraction of sp³-hybridized carbons (Fsp3) is 0.368. The summed E-state index contributed by atoms with van der Waals surface area (Å²) in [4.78, 5) is 18.1. The highest BCUT2D eigenvalue weighted by atomic mass is 32.2. The molecule has 0 bridgehead atoms. The minimum atomic E-state index is -3.83. The SMILES string of the molecule is Cc1ccccc1S(=O)(=O)Nc1cnc(N2CCC(C)CC2)c(C(=O)O)c1. The van der Waals surface area contributed by atoms with Crippen molar-refractivity contribution in [3.05, 3.63) is 47.7 Å². The monoisotopic (exact) mass is 389 g/mol. The molecular formula is C19H23N3O4S. The summed E-state index contributed by atoms with van der Waals surface area (Å²) in [5.74, 6) is -0.143. The van der Waals surface area contributed by atoms with E-state index in [1.54, 1.807) is 25.1 Å². The van der Waals surface area contributed by atoms with Gasteiger partial charge in [-0.05, 0) is 43.4 Å². The molecule has 0 aliphatic carbocycles. The van der Waals surface area contributed by atoms with Crippen molar-refractivity contribution in [3.8, 4) is 0 Å². The molecule has 3 rings (SSSR count). The predicted octanol–water partition coefficient (Wildman–Crippen LogP) is 3.13. The second kappa shape index (κ2) is 7.56. The lowest BCUT2D eigenvalue weighted by atomic mass is 9.99. The molecule has 0 saturated carbocycles. The largest absolute Gasteiger partial charge is 0.478 e. The van der Waals surface area contributed by atoms with E-state index >= 15 is 0 Å². The van der Waals surface area contributed by atoms with Crippen LogP contribution in [0.4, 0.5) is 11.5 Å². The number of aromatic carboxylic acids is 1. The smallest absolute Gasteiger partial charge is 0.339 e. The highest BCUT2D eigenvalue weighted by Crippen LogP contribution is 2.27. The van der Waals surface area contributed by atoms with Crippen molar-refractivity contribution >= 4 is 27.5 Å². The number of hydrogen-bond donors (Lipinski definition) is 2. The zero-order valence-electron chi connectivity index (χ0n) is 15.3. The summed E-state index contributed by atoms with van der Waals surface area (Å²) in [5, 5.41) is 9.59. The third kappa shape index (κ3) is 4.21. The summed E-state index contributed by atoms with van der Waals surface area (Å²) >= 11 is 0. The Labute approximate surface area is 159 Å². The van der Waals surface area contributed by atoms with Crippen LogP contribution in [-0.4, -0.2) is 37.6 Å². The van der Waals surface area contributed by atoms with Gasteiger partial charge in [-0.1, -0.05) is 25.1 Å². The molecule has 1 aliphatic heterocycles. The lowest BCUT2D eigenvalue weighted by Gasteiger charge is -2.32. The number of aromatic nitrogens is 1. The van der Waals surface area contributed by atoms with Gasteiger partial charge >= 0.3 is 5.97 Å². The van der Waals surface area contributed by atoms with Crippen LogP contribution in [0.1, 0.15) is 35.7 Å². The van der Waals surface area contributed by atoms with Gasteiger partial charge in [0.05, 0.1) is 16.8 Å². The Morgan fingerprint density at radius 1 is 1.26 bits per heavy atom. The maximum Gasteiger partial charge on any atom is 0.339 e. The van der Waals surface area contributed by atoms with Crippen molar-refractivity contribution in [2.45, 2.75) is 31.6 Å². The van der Waals surface area contributed by atoms with Crippen LogP contribution in [0.25, 0.3) is 0 Å². The molecule has 0 atom stereocenters. The van der Waals surface area contributed by atoms with Crippen molar-refractivity contribution in [2.75, 3.05) is 22.7 Å².